The van der Waals surface area contributed by atoms with E-state index in [1.807, 2.05) is 13.8 Å². The van der Waals surface area contributed by atoms with Crippen LogP contribution < -0.4 is 0 Å². The minimum atomic E-state index is -0.364. The fourth-order valence-electron chi connectivity index (χ4n) is 1.79. The van der Waals surface area contributed by atoms with Crippen LogP contribution in [0.3, 0.4) is 0 Å². The van der Waals surface area contributed by atoms with Crippen LogP contribution in [0.2, 0.25) is 0 Å². The predicted octanol–water partition coefficient (Wildman–Crippen LogP) is 3.14. The lowest BCUT2D eigenvalue weighted by Gasteiger charge is -2.10. The van der Waals surface area contributed by atoms with Gasteiger partial charge in [0.05, 0.1) is 0 Å². The fourth-order valence-corrected chi connectivity index (χ4v) is 1.79. The number of rotatable bonds is 3. The Kier molecular flexibility index (Phi) is 3.28. The molecule has 1 heterocycles. The lowest BCUT2D eigenvalue weighted by Crippen LogP contribution is -2.13. The second-order valence-corrected chi connectivity index (χ2v) is 4.55. The van der Waals surface area contributed by atoms with E-state index < -0.39 is 0 Å². The van der Waals surface area contributed by atoms with Crippen molar-refractivity contribution in [3.05, 3.63) is 53.1 Å². The molecule has 0 bridgehead atoms. The number of carbonyl (C=O) groups is 1. The molecular weight excluding hydrogens is 231 g/mol. The first-order valence-corrected chi connectivity index (χ1v) is 5.85. The number of benzene rings is 1. The smallest absolute Gasteiger partial charge is 0.211 e. The Morgan fingerprint density at radius 3 is 2.67 bits per heavy atom. The number of aryl methyl sites for hydroxylation is 1. The molecule has 2 rings (SSSR count). The Morgan fingerprint density at radius 1 is 1.33 bits per heavy atom. The van der Waals surface area contributed by atoms with E-state index in [-0.39, 0.29) is 17.6 Å². The number of ketones is 1. The zero-order valence-electron chi connectivity index (χ0n) is 10.6. The van der Waals surface area contributed by atoms with Gasteiger partial charge in [-0.15, -0.1) is 0 Å². The maximum Gasteiger partial charge on any atom is 0.211 e. The van der Waals surface area contributed by atoms with Crippen molar-refractivity contribution in [2.24, 2.45) is 0 Å². The second kappa shape index (κ2) is 4.72. The van der Waals surface area contributed by atoms with Gasteiger partial charge in [-0.2, -0.15) is 5.10 Å². The van der Waals surface area contributed by atoms with Gasteiger partial charge in [-0.1, -0.05) is 12.1 Å². The Labute approximate surface area is 105 Å². The van der Waals surface area contributed by atoms with Gasteiger partial charge in [0.25, 0.3) is 0 Å². The van der Waals surface area contributed by atoms with Crippen molar-refractivity contribution in [3.8, 4) is 0 Å². The van der Waals surface area contributed by atoms with E-state index >= 15 is 0 Å². The van der Waals surface area contributed by atoms with Gasteiger partial charge in [0.2, 0.25) is 5.78 Å². The van der Waals surface area contributed by atoms with Crippen LogP contribution in [0.1, 0.15) is 41.5 Å². The highest BCUT2D eigenvalue weighted by Gasteiger charge is 2.16. The van der Waals surface area contributed by atoms with Crippen LogP contribution in [0.25, 0.3) is 0 Å². The summed E-state index contributed by atoms with van der Waals surface area (Å²) >= 11 is 0. The summed E-state index contributed by atoms with van der Waals surface area (Å²) < 4.78 is 15.1. The number of halogens is 1. The van der Waals surface area contributed by atoms with Crippen LogP contribution in [0, 0.1) is 12.7 Å². The normalized spacial score (nSPS) is 10.9. The van der Waals surface area contributed by atoms with E-state index in [2.05, 4.69) is 5.10 Å². The molecule has 0 spiro atoms. The monoisotopic (exact) mass is 246 g/mol. The van der Waals surface area contributed by atoms with Crippen molar-refractivity contribution < 1.29 is 9.18 Å². The molecule has 0 N–H and O–H groups in total. The Balaban J connectivity index is 2.42. The average Bonchev–Trinajstić information content (AvgIpc) is 2.81. The van der Waals surface area contributed by atoms with E-state index in [1.165, 1.54) is 6.07 Å². The van der Waals surface area contributed by atoms with Gasteiger partial charge in [-0.3, -0.25) is 9.48 Å². The molecule has 0 aliphatic carbocycles. The summed E-state index contributed by atoms with van der Waals surface area (Å²) in [7, 11) is 0. The summed E-state index contributed by atoms with van der Waals surface area (Å²) in [6.45, 7) is 5.56. The Bertz CT molecular complexity index is 587. The summed E-state index contributed by atoms with van der Waals surface area (Å²) in [6, 6.07) is 6.27. The van der Waals surface area contributed by atoms with Gasteiger partial charge in [-0.05, 0) is 38.5 Å². The summed E-state index contributed by atoms with van der Waals surface area (Å²) in [5.41, 5.74) is 1.36. The molecule has 0 saturated carbocycles. The zero-order valence-corrected chi connectivity index (χ0v) is 10.6. The molecule has 1 aromatic heterocycles. The van der Waals surface area contributed by atoms with Crippen molar-refractivity contribution in [1.82, 2.24) is 9.78 Å². The lowest BCUT2D eigenvalue weighted by atomic mass is 10.1. The van der Waals surface area contributed by atoms with Crippen LogP contribution in [-0.2, 0) is 0 Å². The zero-order chi connectivity index (χ0) is 13.3. The number of hydrogen-bond acceptors (Lipinski definition) is 2. The summed E-state index contributed by atoms with van der Waals surface area (Å²) in [5.74, 6) is -0.573. The molecule has 1 aromatic carbocycles. The molecule has 0 fully saturated rings. The molecule has 2 aromatic rings. The van der Waals surface area contributed by atoms with E-state index in [9.17, 15) is 9.18 Å². The lowest BCUT2D eigenvalue weighted by molar-refractivity contribution is 0.102. The molecule has 94 valence electrons. The predicted molar refractivity (Wildman–Crippen MR) is 67.2 cm³/mol. The van der Waals surface area contributed by atoms with Crippen molar-refractivity contribution >= 4 is 5.78 Å². The van der Waals surface area contributed by atoms with E-state index in [0.29, 0.717) is 16.8 Å². The molecule has 0 unspecified atom stereocenters. The van der Waals surface area contributed by atoms with Crippen LogP contribution in [0.4, 0.5) is 4.39 Å². The number of aromatic nitrogens is 2. The van der Waals surface area contributed by atoms with E-state index in [4.69, 9.17) is 0 Å². The van der Waals surface area contributed by atoms with E-state index in [1.54, 1.807) is 36.0 Å². The molecule has 4 heteroatoms. The highest BCUT2D eigenvalue weighted by atomic mass is 19.1. The summed E-state index contributed by atoms with van der Waals surface area (Å²) in [6.07, 6.45) is 1.58. The highest BCUT2D eigenvalue weighted by Crippen LogP contribution is 2.16. The highest BCUT2D eigenvalue weighted by molar-refractivity contribution is 6.07. The Morgan fingerprint density at radius 2 is 2.06 bits per heavy atom. The molecule has 3 nitrogen and oxygen atoms in total. The van der Waals surface area contributed by atoms with Crippen molar-refractivity contribution in [1.29, 1.82) is 0 Å². The molecule has 18 heavy (non-hydrogen) atoms. The Hall–Kier alpha value is -1.97. The molecule has 0 saturated heterocycles. The van der Waals surface area contributed by atoms with Gasteiger partial charge in [-0.25, -0.2) is 4.39 Å². The van der Waals surface area contributed by atoms with E-state index in [0.717, 1.165) is 0 Å². The molecule has 0 aliphatic rings. The standard InChI is InChI=1S/C14H15FN2O/c1-9(2)17-13(6-7-16-17)14(18)11-5-4-10(3)12(15)8-11/h4-9H,1-3H3. The molecule has 0 atom stereocenters. The maximum absolute atomic E-state index is 13.5. The number of nitrogens with zero attached hydrogens (tertiary/aromatic N) is 2. The summed E-state index contributed by atoms with van der Waals surface area (Å²) in [4.78, 5) is 12.3. The van der Waals surface area contributed by atoms with Crippen molar-refractivity contribution in [2.45, 2.75) is 26.8 Å². The maximum atomic E-state index is 13.5. The van der Waals surface area contributed by atoms with Crippen molar-refractivity contribution in [3.63, 3.8) is 0 Å². The largest absolute Gasteiger partial charge is 0.287 e. The average molecular weight is 246 g/mol. The minimum Gasteiger partial charge on any atom is -0.287 e. The van der Waals surface area contributed by atoms with Gasteiger partial charge in [0.15, 0.2) is 0 Å². The SMILES string of the molecule is Cc1ccc(C(=O)c2ccnn2C(C)C)cc1F. The fraction of sp³-hybridized carbons (Fsp3) is 0.286. The van der Waals surface area contributed by atoms with Gasteiger partial charge in [0, 0.05) is 17.8 Å². The van der Waals surface area contributed by atoms with Crippen LogP contribution >= 0.6 is 0 Å². The first kappa shape index (κ1) is 12.5. The minimum absolute atomic E-state index is 0.0919. The molecule has 0 amide bonds. The summed E-state index contributed by atoms with van der Waals surface area (Å²) in [5, 5.41) is 4.10. The molecule has 0 aliphatic heterocycles. The van der Waals surface area contributed by atoms with Gasteiger partial charge >= 0.3 is 0 Å². The molecule has 0 radical (unpaired) electrons. The van der Waals surface area contributed by atoms with Crippen LogP contribution in [0.15, 0.2) is 30.5 Å². The third-order valence-corrected chi connectivity index (χ3v) is 2.83. The first-order valence-electron chi connectivity index (χ1n) is 5.85. The van der Waals surface area contributed by atoms with Gasteiger partial charge in [0.1, 0.15) is 11.5 Å². The first-order chi connectivity index (χ1) is 8.50. The number of carbonyl (C=O) groups excluding carboxylic acids is 1. The molecular formula is C14H15FN2O. The van der Waals surface area contributed by atoms with Crippen LogP contribution in [-0.4, -0.2) is 15.6 Å². The second-order valence-electron chi connectivity index (χ2n) is 4.55. The third kappa shape index (κ3) is 2.18. The van der Waals surface area contributed by atoms with Crippen molar-refractivity contribution in [2.75, 3.05) is 0 Å². The van der Waals surface area contributed by atoms with Crippen LogP contribution in [0.5, 0.6) is 0 Å². The number of hydrogen-bond donors (Lipinski definition) is 0. The van der Waals surface area contributed by atoms with Gasteiger partial charge < -0.3 is 0 Å². The topological polar surface area (TPSA) is 34.9 Å². The quantitative estimate of drug-likeness (QED) is 0.780. The third-order valence-electron chi connectivity index (χ3n) is 2.83.